The first-order chi connectivity index (χ1) is 17.2. The summed E-state index contributed by atoms with van der Waals surface area (Å²) in [6.45, 7) is 20.5. The first-order valence-electron chi connectivity index (χ1n) is 13.4. The molecular weight excluding hydrogens is 446 g/mol. The van der Waals surface area contributed by atoms with Crippen molar-refractivity contribution in [1.82, 2.24) is 0 Å². The molecule has 1 nitrogen and oxygen atoms in total. The monoisotopic (exact) mass is 489 g/mol. The molecule has 0 aliphatic rings. The molecule has 4 aromatic rings. The first kappa shape index (κ1) is 26.7. The van der Waals surface area contributed by atoms with Crippen molar-refractivity contribution in [2.24, 2.45) is 0 Å². The van der Waals surface area contributed by atoms with E-state index in [-0.39, 0.29) is 16.2 Å². The Morgan fingerprint density at radius 1 is 0.432 bits per heavy atom. The highest BCUT2D eigenvalue weighted by Gasteiger charge is 2.23. The Hall–Kier alpha value is -3.32. The lowest BCUT2D eigenvalue weighted by Crippen LogP contribution is -2.14. The maximum Gasteiger partial charge on any atom is 0.0473 e. The van der Waals surface area contributed by atoms with Gasteiger partial charge in [-0.1, -0.05) is 129 Å². The minimum atomic E-state index is -0.0211. The summed E-state index contributed by atoms with van der Waals surface area (Å²) in [6, 6.07) is 31.0. The molecule has 0 saturated carbocycles. The first-order valence-corrected chi connectivity index (χ1v) is 13.4. The Bertz CT molecular complexity index is 1390. The second-order valence-electron chi connectivity index (χ2n) is 13.4. The van der Waals surface area contributed by atoms with Gasteiger partial charge in [-0.2, -0.15) is 0 Å². The summed E-state index contributed by atoms with van der Waals surface area (Å²) in [7, 11) is 0. The fraction of sp³-hybridized carbons (Fsp3) is 0.333. The van der Waals surface area contributed by atoms with E-state index in [0.717, 1.165) is 22.4 Å². The van der Waals surface area contributed by atoms with Gasteiger partial charge in [-0.25, -0.2) is 0 Å². The van der Waals surface area contributed by atoms with Crippen LogP contribution in [0.3, 0.4) is 0 Å². The molecule has 37 heavy (non-hydrogen) atoms. The smallest absolute Gasteiger partial charge is 0.0473 e. The van der Waals surface area contributed by atoms with Crippen molar-refractivity contribution < 1.29 is 0 Å². The quantitative estimate of drug-likeness (QED) is 0.285. The largest absolute Gasteiger partial charge is 0.398 e. The molecule has 0 radical (unpaired) electrons. The van der Waals surface area contributed by atoms with Crippen molar-refractivity contribution in [2.75, 3.05) is 5.73 Å². The van der Waals surface area contributed by atoms with Crippen molar-refractivity contribution in [3.05, 3.63) is 102 Å². The predicted molar refractivity (Wildman–Crippen MR) is 163 cm³/mol. The third kappa shape index (κ3) is 5.67. The second-order valence-corrected chi connectivity index (χ2v) is 13.4. The summed E-state index contributed by atoms with van der Waals surface area (Å²) in [6.07, 6.45) is 0. The van der Waals surface area contributed by atoms with E-state index in [4.69, 9.17) is 5.73 Å². The zero-order valence-corrected chi connectivity index (χ0v) is 24.2. The van der Waals surface area contributed by atoms with Crippen LogP contribution in [0.15, 0.2) is 84.9 Å². The van der Waals surface area contributed by atoms with Gasteiger partial charge in [-0.05, 0) is 73.4 Å². The number of hydrogen-bond donors (Lipinski definition) is 1. The maximum absolute atomic E-state index is 6.93. The minimum Gasteiger partial charge on any atom is -0.398 e. The standard InChI is InChI=1S/C36H43N/c1-34(2,3)27-18-15-25(16-19-27)29-20-17-26(21-32(29)36(7,8)9)31-23-28(35(4,5)6)22-30(33(31)37)24-13-11-10-12-14-24/h10-23H,37H2,1-9H3. The molecule has 2 N–H and O–H groups in total. The third-order valence-electron chi connectivity index (χ3n) is 7.33. The molecule has 4 rings (SSSR count). The average molecular weight is 490 g/mol. The molecule has 0 heterocycles. The van der Waals surface area contributed by atoms with Gasteiger partial charge in [0.05, 0.1) is 0 Å². The molecule has 0 saturated heterocycles. The zero-order chi connectivity index (χ0) is 27.2. The van der Waals surface area contributed by atoms with E-state index >= 15 is 0 Å². The lowest BCUT2D eigenvalue weighted by Gasteiger charge is -2.27. The Morgan fingerprint density at radius 2 is 0.919 bits per heavy atom. The number of benzene rings is 4. The fourth-order valence-corrected chi connectivity index (χ4v) is 4.92. The van der Waals surface area contributed by atoms with E-state index < -0.39 is 0 Å². The van der Waals surface area contributed by atoms with Crippen molar-refractivity contribution in [1.29, 1.82) is 0 Å². The summed E-state index contributed by atoms with van der Waals surface area (Å²) in [5.74, 6) is 0. The summed E-state index contributed by atoms with van der Waals surface area (Å²) in [5.41, 5.74) is 18.9. The molecule has 0 aliphatic carbocycles. The lowest BCUT2D eigenvalue weighted by atomic mass is 9.78. The highest BCUT2D eigenvalue weighted by Crippen LogP contribution is 2.42. The zero-order valence-electron chi connectivity index (χ0n) is 24.2. The second kappa shape index (κ2) is 9.53. The number of anilines is 1. The third-order valence-corrected chi connectivity index (χ3v) is 7.33. The van der Waals surface area contributed by atoms with E-state index in [1.807, 2.05) is 0 Å². The molecule has 0 amide bonds. The van der Waals surface area contributed by atoms with Crippen LogP contribution in [0.25, 0.3) is 33.4 Å². The lowest BCUT2D eigenvalue weighted by molar-refractivity contribution is 0.589. The van der Waals surface area contributed by atoms with Crippen LogP contribution in [0.5, 0.6) is 0 Å². The van der Waals surface area contributed by atoms with Gasteiger partial charge in [0.1, 0.15) is 0 Å². The van der Waals surface area contributed by atoms with Crippen LogP contribution < -0.4 is 5.73 Å². The summed E-state index contributed by atoms with van der Waals surface area (Å²) >= 11 is 0. The normalized spacial score (nSPS) is 12.6. The molecule has 0 unspecified atom stereocenters. The van der Waals surface area contributed by atoms with Crippen LogP contribution in [-0.4, -0.2) is 0 Å². The van der Waals surface area contributed by atoms with E-state index in [0.29, 0.717) is 0 Å². The Kier molecular flexibility index (Phi) is 6.88. The number of hydrogen-bond acceptors (Lipinski definition) is 1. The van der Waals surface area contributed by atoms with E-state index in [2.05, 4.69) is 147 Å². The molecule has 0 spiro atoms. The van der Waals surface area contributed by atoms with E-state index in [9.17, 15) is 0 Å². The van der Waals surface area contributed by atoms with Gasteiger partial charge in [0.2, 0.25) is 0 Å². The molecule has 4 aromatic carbocycles. The van der Waals surface area contributed by atoms with Crippen molar-refractivity contribution in [3.63, 3.8) is 0 Å². The van der Waals surface area contributed by atoms with Gasteiger partial charge in [0.15, 0.2) is 0 Å². The van der Waals surface area contributed by atoms with E-state index in [1.165, 1.54) is 33.4 Å². The van der Waals surface area contributed by atoms with Gasteiger partial charge >= 0.3 is 0 Å². The van der Waals surface area contributed by atoms with Crippen LogP contribution in [0.1, 0.15) is 79.0 Å². The highest BCUT2D eigenvalue weighted by molar-refractivity contribution is 5.91. The number of nitrogen functional groups attached to an aromatic ring is 1. The highest BCUT2D eigenvalue weighted by atomic mass is 14.6. The molecule has 0 bridgehead atoms. The van der Waals surface area contributed by atoms with Crippen LogP contribution in [0.4, 0.5) is 5.69 Å². The Morgan fingerprint density at radius 3 is 1.43 bits per heavy atom. The molecule has 0 aromatic heterocycles. The number of nitrogens with two attached hydrogens (primary N) is 1. The van der Waals surface area contributed by atoms with Gasteiger partial charge in [-0.3, -0.25) is 0 Å². The van der Waals surface area contributed by atoms with Crippen molar-refractivity contribution in [3.8, 4) is 33.4 Å². The molecule has 0 aliphatic heterocycles. The van der Waals surface area contributed by atoms with Crippen LogP contribution in [0.2, 0.25) is 0 Å². The Balaban J connectivity index is 1.92. The van der Waals surface area contributed by atoms with Gasteiger partial charge in [0.25, 0.3) is 0 Å². The van der Waals surface area contributed by atoms with Crippen molar-refractivity contribution >= 4 is 5.69 Å². The molecule has 192 valence electrons. The van der Waals surface area contributed by atoms with Crippen molar-refractivity contribution in [2.45, 2.75) is 78.6 Å². The number of rotatable bonds is 3. The summed E-state index contributed by atoms with van der Waals surface area (Å²) < 4.78 is 0. The average Bonchev–Trinajstić information content (AvgIpc) is 2.83. The van der Waals surface area contributed by atoms with E-state index in [1.54, 1.807) is 0 Å². The molecule has 1 heteroatoms. The SMILES string of the molecule is CC(C)(C)c1ccc(-c2ccc(-c3cc(C(C)(C)C)cc(-c4ccccc4)c3N)cc2C(C)(C)C)cc1. The fourth-order valence-electron chi connectivity index (χ4n) is 4.92. The van der Waals surface area contributed by atoms with Gasteiger partial charge in [-0.15, -0.1) is 0 Å². The van der Waals surface area contributed by atoms with Gasteiger partial charge < -0.3 is 5.73 Å². The molecule has 0 fully saturated rings. The van der Waals surface area contributed by atoms with Crippen LogP contribution >= 0.6 is 0 Å². The van der Waals surface area contributed by atoms with Crippen LogP contribution in [0, 0.1) is 0 Å². The molecular formula is C36H43N. The predicted octanol–water partition coefficient (Wildman–Crippen LogP) is 10.2. The summed E-state index contributed by atoms with van der Waals surface area (Å²) in [4.78, 5) is 0. The van der Waals surface area contributed by atoms with Gasteiger partial charge in [0, 0.05) is 16.8 Å². The minimum absolute atomic E-state index is 0.00752. The van der Waals surface area contributed by atoms with Crippen LogP contribution in [-0.2, 0) is 16.2 Å². The Labute approximate surface area is 224 Å². The maximum atomic E-state index is 6.93. The molecule has 0 atom stereocenters. The topological polar surface area (TPSA) is 26.0 Å². The summed E-state index contributed by atoms with van der Waals surface area (Å²) in [5, 5.41) is 0.